The van der Waals surface area contributed by atoms with Crippen molar-refractivity contribution in [2.45, 2.75) is 112 Å². The van der Waals surface area contributed by atoms with Crippen LogP contribution in [0.1, 0.15) is 129 Å². The van der Waals surface area contributed by atoms with Gasteiger partial charge < -0.3 is 15.2 Å². The van der Waals surface area contributed by atoms with E-state index in [0.29, 0.717) is 24.0 Å². The predicted molar refractivity (Wildman–Crippen MR) is 217 cm³/mol. The Bertz CT molecular complexity index is 1820. The zero-order chi connectivity index (χ0) is 39.1. The molecule has 0 bridgehead atoms. The summed E-state index contributed by atoms with van der Waals surface area (Å²) in [4.78, 5) is 0. The molecule has 0 heterocycles. The summed E-state index contributed by atoms with van der Waals surface area (Å²) in [6.07, 6.45) is 0.715. The Hall–Kier alpha value is -3.15. The van der Waals surface area contributed by atoms with Gasteiger partial charge in [0, 0.05) is 37.1 Å². The summed E-state index contributed by atoms with van der Waals surface area (Å²) in [5, 5.41) is 0. The van der Waals surface area contributed by atoms with Crippen LogP contribution in [0.3, 0.4) is 0 Å². The molecule has 0 aromatic heterocycles. The van der Waals surface area contributed by atoms with Gasteiger partial charge in [0.1, 0.15) is 11.5 Å². The van der Waals surface area contributed by atoms with Gasteiger partial charge in [0.2, 0.25) is 0 Å². The second kappa shape index (κ2) is 19.3. The van der Waals surface area contributed by atoms with Crippen LogP contribution in [0.15, 0.2) is 66.7 Å². The Balaban J connectivity index is 0.000000581. The summed E-state index contributed by atoms with van der Waals surface area (Å²) in [6, 6.07) is 25.8. The van der Waals surface area contributed by atoms with Crippen LogP contribution in [-0.2, 0) is 41.4 Å². The molecule has 0 aliphatic rings. The fourth-order valence-corrected chi connectivity index (χ4v) is 6.23. The van der Waals surface area contributed by atoms with Gasteiger partial charge in [-0.15, -0.1) is 35.9 Å². The van der Waals surface area contributed by atoms with Gasteiger partial charge in [-0.05, 0) is 68.7 Å². The van der Waals surface area contributed by atoms with Crippen LogP contribution in [0.4, 0.5) is 5.69 Å². The zero-order valence-corrected chi connectivity index (χ0v) is 36.3. The molecule has 0 saturated carbocycles. The maximum absolute atomic E-state index is 9.19. The molecule has 290 valence electrons. The second-order valence-corrected chi connectivity index (χ2v) is 17.5. The van der Waals surface area contributed by atoms with E-state index in [4.69, 9.17) is 19.8 Å². The molecule has 4 rings (SSSR count). The molecule has 0 aliphatic heterocycles. The molecule has 4 aromatic carbocycles. The van der Waals surface area contributed by atoms with E-state index in [-0.39, 0.29) is 31.3 Å². The van der Waals surface area contributed by atoms with Gasteiger partial charge in [-0.2, -0.15) is 8.42 Å². The first-order valence-electron chi connectivity index (χ1n) is 17.7. The van der Waals surface area contributed by atoms with Crippen molar-refractivity contribution in [2.24, 2.45) is 0 Å². The summed E-state index contributed by atoms with van der Waals surface area (Å²) in [5.41, 5.74) is 17.6. The second-order valence-electron chi connectivity index (χ2n) is 16.0. The average Bonchev–Trinajstić information content (AvgIpc) is 3.02. The first-order chi connectivity index (χ1) is 23.4. The Morgan fingerprint density at radius 1 is 0.712 bits per heavy atom. The molecule has 0 fully saturated rings. The van der Waals surface area contributed by atoms with Gasteiger partial charge in [0.05, 0.1) is 20.5 Å². The Morgan fingerprint density at radius 3 is 1.56 bits per heavy atom. The maximum Gasteiger partial charge on any atom is 0.261 e. The Kier molecular flexibility index (Phi) is 17.4. The summed E-state index contributed by atoms with van der Waals surface area (Å²) in [5.74, 6) is 3.20. The number of rotatable bonds is 7. The van der Waals surface area contributed by atoms with Crippen molar-refractivity contribution in [3.8, 4) is 33.8 Å². The monoisotopic (exact) mass is 822 g/mol. The number of anilines is 1. The van der Waals surface area contributed by atoms with Gasteiger partial charge in [-0.25, -0.2) is 0 Å². The quantitative estimate of drug-likeness (QED) is 0.0834. The third-order valence-corrected chi connectivity index (χ3v) is 8.53. The van der Waals surface area contributed by atoms with E-state index >= 15 is 0 Å². The molecular weight excluding hydrogens is 761 g/mol. The SMILES string of the molecule is COc1cc(-c2c(C(C)C)cc(C(C)C)cc2C(C)C)c(OC)c(C(C)(C)C)c1C(C)(C)C.CS(=O)(=O)O.Nc1ccccc1-c1[c-]cccc1.[Pd]. The van der Waals surface area contributed by atoms with E-state index in [9.17, 15) is 8.42 Å². The number of hydrogen-bond acceptors (Lipinski definition) is 5. The molecular formula is C44H62NO5PdS-. The fraction of sp³-hybridized carbons (Fsp3) is 0.455. The number of benzene rings is 4. The van der Waals surface area contributed by atoms with Gasteiger partial charge in [0.15, 0.2) is 0 Å². The van der Waals surface area contributed by atoms with Crippen molar-refractivity contribution in [3.05, 3.63) is 101 Å². The molecule has 0 amide bonds. The summed E-state index contributed by atoms with van der Waals surface area (Å²) in [7, 11) is -0.0542. The molecule has 0 unspecified atom stereocenters. The first kappa shape index (κ1) is 46.9. The largest absolute Gasteiger partial charge is 0.496 e. The van der Waals surface area contributed by atoms with Crippen LogP contribution >= 0.6 is 0 Å². The van der Waals surface area contributed by atoms with E-state index in [0.717, 1.165) is 33.9 Å². The topological polar surface area (TPSA) is 98.8 Å². The third-order valence-electron chi connectivity index (χ3n) is 8.53. The van der Waals surface area contributed by atoms with Crippen LogP contribution < -0.4 is 15.2 Å². The Labute approximate surface area is 329 Å². The maximum atomic E-state index is 9.19. The number of para-hydroxylation sites is 1. The van der Waals surface area contributed by atoms with Crippen LogP contribution in [0.2, 0.25) is 0 Å². The van der Waals surface area contributed by atoms with Gasteiger partial charge in [-0.1, -0.05) is 119 Å². The molecule has 8 heteroatoms. The van der Waals surface area contributed by atoms with Crippen molar-refractivity contribution in [1.29, 1.82) is 0 Å². The number of nitrogen functional groups attached to an aromatic ring is 1. The van der Waals surface area contributed by atoms with E-state index in [1.165, 1.54) is 33.4 Å². The van der Waals surface area contributed by atoms with Gasteiger partial charge in [0.25, 0.3) is 10.1 Å². The van der Waals surface area contributed by atoms with Crippen LogP contribution in [0.5, 0.6) is 11.5 Å². The number of nitrogens with two attached hydrogens (primary N) is 1. The molecule has 0 spiro atoms. The predicted octanol–water partition coefficient (Wildman–Crippen LogP) is 11.6. The van der Waals surface area contributed by atoms with Crippen molar-refractivity contribution in [2.75, 3.05) is 26.2 Å². The molecule has 0 saturated heterocycles. The molecule has 6 nitrogen and oxygen atoms in total. The zero-order valence-electron chi connectivity index (χ0n) is 34.0. The fourth-order valence-electron chi connectivity index (χ4n) is 6.23. The third kappa shape index (κ3) is 12.8. The van der Waals surface area contributed by atoms with E-state index in [2.05, 4.69) is 107 Å². The van der Waals surface area contributed by atoms with E-state index in [1.54, 1.807) is 7.11 Å². The molecule has 4 aromatic rings. The minimum absolute atomic E-state index is 0. The number of methoxy groups -OCH3 is 2. The van der Waals surface area contributed by atoms with Crippen molar-refractivity contribution in [3.63, 3.8) is 0 Å². The van der Waals surface area contributed by atoms with Crippen molar-refractivity contribution < 1.29 is 42.9 Å². The summed E-state index contributed by atoms with van der Waals surface area (Å²) in [6.45, 7) is 27.4. The van der Waals surface area contributed by atoms with E-state index in [1.807, 2.05) is 55.6 Å². The smallest absolute Gasteiger partial charge is 0.261 e. The normalized spacial score (nSPS) is 11.7. The standard InChI is InChI=1S/C31H48O2.C12H10N.CH4O3S.Pd/c1-18(2)21-15-22(19(3)4)26(23(16-21)20(5)6)24-17-25(32-13)27(30(7,8)9)28(29(24)33-14)31(10,11)12;13-12-9-5-4-8-11(12)10-6-2-1-3-7-10;1-5(2,3)4;/h15-20H,1-14H3;1-6,8-9H,13H2;1H3,(H,2,3,4);/q;-1;;. The van der Waals surface area contributed by atoms with E-state index < -0.39 is 10.1 Å². The molecule has 0 radical (unpaired) electrons. The molecule has 52 heavy (non-hydrogen) atoms. The van der Waals surface area contributed by atoms with Crippen molar-refractivity contribution in [1.82, 2.24) is 0 Å². The summed E-state index contributed by atoms with van der Waals surface area (Å²) >= 11 is 0. The van der Waals surface area contributed by atoms with Crippen LogP contribution in [-0.4, -0.2) is 33.4 Å². The number of hydrogen-bond donors (Lipinski definition) is 2. The minimum atomic E-state index is -3.67. The van der Waals surface area contributed by atoms with Gasteiger partial charge in [-0.3, -0.25) is 4.55 Å². The molecule has 0 atom stereocenters. The minimum Gasteiger partial charge on any atom is -0.496 e. The van der Waals surface area contributed by atoms with Crippen molar-refractivity contribution >= 4 is 15.8 Å². The Morgan fingerprint density at radius 2 is 1.19 bits per heavy atom. The number of ether oxygens (including phenoxy) is 2. The average molecular weight is 823 g/mol. The first-order valence-corrected chi connectivity index (χ1v) is 19.5. The molecule has 0 aliphatic carbocycles. The van der Waals surface area contributed by atoms with Gasteiger partial charge >= 0.3 is 0 Å². The summed E-state index contributed by atoms with van der Waals surface area (Å²) < 4.78 is 38.2. The van der Waals surface area contributed by atoms with Crippen LogP contribution in [0, 0.1) is 6.07 Å². The van der Waals surface area contributed by atoms with Crippen LogP contribution in [0.25, 0.3) is 22.3 Å². The molecule has 3 N–H and O–H groups in total.